The SMILES string of the molecule is CCNC(=O)N1CCN(C(C)C(=O)NC2CCCCC2C)CC1. The van der Waals surface area contributed by atoms with Gasteiger partial charge in [-0.05, 0) is 32.6 Å². The first-order chi connectivity index (χ1) is 11.0. The van der Waals surface area contributed by atoms with Gasteiger partial charge in [-0.2, -0.15) is 0 Å². The van der Waals surface area contributed by atoms with E-state index in [1.54, 1.807) is 0 Å². The predicted molar refractivity (Wildman–Crippen MR) is 91.2 cm³/mol. The van der Waals surface area contributed by atoms with Gasteiger partial charge in [0.05, 0.1) is 6.04 Å². The fraction of sp³-hybridized carbons (Fsp3) is 0.882. The van der Waals surface area contributed by atoms with Crippen molar-refractivity contribution in [3.05, 3.63) is 0 Å². The van der Waals surface area contributed by atoms with Crippen LogP contribution in [0.25, 0.3) is 0 Å². The molecular formula is C17H32N4O2. The Balaban J connectivity index is 1.78. The Labute approximate surface area is 140 Å². The predicted octanol–water partition coefficient (Wildman–Crippen LogP) is 1.42. The van der Waals surface area contributed by atoms with Gasteiger partial charge in [-0.1, -0.05) is 19.8 Å². The maximum absolute atomic E-state index is 12.5. The van der Waals surface area contributed by atoms with Crippen LogP contribution >= 0.6 is 0 Å². The second kappa shape index (κ2) is 8.52. The fourth-order valence-electron chi connectivity index (χ4n) is 3.58. The molecule has 132 valence electrons. The molecule has 0 bridgehead atoms. The molecule has 0 aromatic rings. The van der Waals surface area contributed by atoms with Gasteiger partial charge >= 0.3 is 6.03 Å². The molecule has 0 aromatic carbocycles. The Kier molecular flexibility index (Phi) is 6.69. The quantitative estimate of drug-likeness (QED) is 0.822. The molecule has 3 amide bonds. The standard InChI is InChI=1S/C17H32N4O2/c1-4-18-17(23)21-11-9-20(10-12-21)14(3)16(22)19-15-8-6-5-7-13(15)2/h13-15H,4-12H2,1-3H3,(H,18,23)(H,19,22). The number of rotatable bonds is 4. The van der Waals surface area contributed by atoms with Gasteiger partial charge in [0, 0.05) is 38.8 Å². The van der Waals surface area contributed by atoms with Crippen LogP contribution in [0, 0.1) is 5.92 Å². The maximum Gasteiger partial charge on any atom is 0.317 e. The molecule has 3 unspecified atom stereocenters. The van der Waals surface area contributed by atoms with E-state index in [1.807, 2.05) is 18.7 Å². The summed E-state index contributed by atoms with van der Waals surface area (Å²) in [5, 5.41) is 6.08. The number of carbonyl (C=O) groups is 2. The molecule has 1 heterocycles. The molecule has 1 aliphatic carbocycles. The van der Waals surface area contributed by atoms with Crippen molar-refractivity contribution in [1.82, 2.24) is 20.4 Å². The number of carbonyl (C=O) groups excluding carboxylic acids is 2. The lowest BCUT2D eigenvalue weighted by atomic mass is 9.86. The molecule has 2 rings (SSSR count). The van der Waals surface area contributed by atoms with Crippen LogP contribution in [0.15, 0.2) is 0 Å². The second-order valence-corrected chi connectivity index (χ2v) is 6.91. The van der Waals surface area contributed by atoms with Crippen LogP contribution in [0.1, 0.15) is 46.5 Å². The number of nitrogens with zero attached hydrogens (tertiary/aromatic N) is 2. The van der Waals surface area contributed by atoms with E-state index in [1.165, 1.54) is 19.3 Å². The number of hydrogen-bond donors (Lipinski definition) is 2. The summed E-state index contributed by atoms with van der Waals surface area (Å²) < 4.78 is 0. The molecule has 6 heteroatoms. The highest BCUT2D eigenvalue weighted by molar-refractivity contribution is 5.81. The second-order valence-electron chi connectivity index (χ2n) is 6.91. The van der Waals surface area contributed by atoms with Crippen LogP contribution in [0.2, 0.25) is 0 Å². The maximum atomic E-state index is 12.5. The number of piperazine rings is 1. The third-order valence-electron chi connectivity index (χ3n) is 5.30. The highest BCUT2D eigenvalue weighted by atomic mass is 16.2. The molecule has 2 N–H and O–H groups in total. The largest absolute Gasteiger partial charge is 0.352 e. The molecule has 0 radical (unpaired) electrons. The fourth-order valence-corrected chi connectivity index (χ4v) is 3.58. The normalized spacial score (nSPS) is 27.3. The Bertz CT molecular complexity index is 407. The van der Waals surface area contributed by atoms with Crippen LogP contribution in [-0.2, 0) is 4.79 Å². The van der Waals surface area contributed by atoms with Crippen molar-refractivity contribution in [2.24, 2.45) is 5.92 Å². The first-order valence-corrected chi connectivity index (χ1v) is 9.10. The zero-order valence-corrected chi connectivity index (χ0v) is 14.8. The van der Waals surface area contributed by atoms with Crippen molar-refractivity contribution in [2.45, 2.75) is 58.5 Å². The van der Waals surface area contributed by atoms with Crippen LogP contribution in [0.3, 0.4) is 0 Å². The van der Waals surface area contributed by atoms with Crippen molar-refractivity contribution in [2.75, 3.05) is 32.7 Å². The number of hydrogen-bond acceptors (Lipinski definition) is 3. The van der Waals surface area contributed by atoms with E-state index in [2.05, 4.69) is 22.5 Å². The molecule has 1 aliphatic heterocycles. The minimum Gasteiger partial charge on any atom is -0.352 e. The molecule has 0 spiro atoms. The first kappa shape index (κ1) is 18.0. The molecule has 2 fully saturated rings. The van der Waals surface area contributed by atoms with E-state index in [9.17, 15) is 9.59 Å². The van der Waals surface area contributed by atoms with Crippen LogP contribution in [-0.4, -0.2) is 66.5 Å². The highest BCUT2D eigenvalue weighted by Crippen LogP contribution is 2.24. The monoisotopic (exact) mass is 324 g/mol. The van der Waals surface area contributed by atoms with Crippen LogP contribution < -0.4 is 10.6 Å². The molecule has 0 aromatic heterocycles. The summed E-state index contributed by atoms with van der Waals surface area (Å²) in [4.78, 5) is 28.4. The Morgan fingerprint density at radius 3 is 2.39 bits per heavy atom. The molecule has 23 heavy (non-hydrogen) atoms. The Morgan fingerprint density at radius 1 is 1.13 bits per heavy atom. The first-order valence-electron chi connectivity index (χ1n) is 9.10. The van der Waals surface area contributed by atoms with Gasteiger partial charge in [0.1, 0.15) is 0 Å². The van der Waals surface area contributed by atoms with Crippen molar-refractivity contribution in [3.8, 4) is 0 Å². The van der Waals surface area contributed by atoms with Gasteiger partial charge in [0.25, 0.3) is 0 Å². The lowest BCUT2D eigenvalue weighted by Gasteiger charge is -2.38. The van der Waals surface area contributed by atoms with Crippen molar-refractivity contribution < 1.29 is 9.59 Å². The zero-order valence-electron chi connectivity index (χ0n) is 14.8. The summed E-state index contributed by atoms with van der Waals surface area (Å²) in [7, 11) is 0. The summed E-state index contributed by atoms with van der Waals surface area (Å²) in [5.74, 6) is 0.713. The van der Waals surface area contributed by atoms with Gasteiger partial charge in [0.2, 0.25) is 5.91 Å². The highest BCUT2D eigenvalue weighted by Gasteiger charge is 2.30. The summed E-state index contributed by atoms with van der Waals surface area (Å²) in [6.45, 7) is 9.67. The molecule has 3 atom stereocenters. The van der Waals surface area contributed by atoms with Crippen LogP contribution in [0.5, 0.6) is 0 Å². The Morgan fingerprint density at radius 2 is 1.78 bits per heavy atom. The van der Waals surface area contributed by atoms with E-state index in [0.29, 0.717) is 31.6 Å². The van der Waals surface area contributed by atoms with Gasteiger partial charge in [-0.25, -0.2) is 4.79 Å². The molecule has 6 nitrogen and oxygen atoms in total. The summed E-state index contributed by atoms with van der Waals surface area (Å²) in [6, 6.07) is 0.205. The van der Waals surface area contributed by atoms with Crippen LogP contribution in [0.4, 0.5) is 4.79 Å². The third kappa shape index (κ3) is 4.83. The number of nitrogens with one attached hydrogen (secondary N) is 2. The molecule has 2 aliphatic rings. The number of amides is 3. The van der Waals surface area contributed by atoms with E-state index in [-0.39, 0.29) is 18.0 Å². The van der Waals surface area contributed by atoms with E-state index in [4.69, 9.17) is 0 Å². The molecule has 1 saturated heterocycles. The zero-order chi connectivity index (χ0) is 16.8. The molecule has 1 saturated carbocycles. The Hall–Kier alpha value is -1.30. The average Bonchev–Trinajstić information content (AvgIpc) is 2.56. The summed E-state index contributed by atoms with van der Waals surface area (Å²) in [6.07, 6.45) is 4.81. The van der Waals surface area contributed by atoms with Gasteiger partial charge in [0.15, 0.2) is 0 Å². The van der Waals surface area contributed by atoms with Gasteiger partial charge in [-0.3, -0.25) is 9.69 Å². The van der Waals surface area contributed by atoms with Crippen molar-refractivity contribution in [1.29, 1.82) is 0 Å². The van der Waals surface area contributed by atoms with Gasteiger partial charge in [-0.15, -0.1) is 0 Å². The summed E-state index contributed by atoms with van der Waals surface area (Å²) in [5.41, 5.74) is 0. The smallest absolute Gasteiger partial charge is 0.317 e. The van der Waals surface area contributed by atoms with E-state index < -0.39 is 0 Å². The topological polar surface area (TPSA) is 64.7 Å². The van der Waals surface area contributed by atoms with E-state index >= 15 is 0 Å². The molecular weight excluding hydrogens is 292 g/mol. The van der Waals surface area contributed by atoms with Crippen molar-refractivity contribution in [3.63, 3.8) is 0 Å². The lowest BCUT2D eigenvalue weighted by Crippen LogP contribution is -2.57. The third-order valence-corrected chi connectivity index (χ3v) is 5.30. The van der Waals surface area contributed by atoms with E-state index in [0.717, 1.165) is 19.5 Å². The van der Waals surface area contributed by atoms with Crippen molar-refractivity contribution >= 4 is 11.9 Å². The minimum atomic E-state index is -0.125. The average molecular weight is 324 g/mol. The lowest BCUT2D eigenvalue weighted by molar-refractivity contribution is -0.127. The van der Waals surface area contributed by atoms with Gasteiger partial charge < -0.3 is 15.5 Å². The minimum absolute atomic E-state index is 0.000264. The number of urea groups is 1. The summed E-state index contributed by atoms with van der Waals surface area (Å²) >= 11 is 0.